The summed E-state index contributed by atoms with van der Waals surface area (Å²) in [7, 11) is -2.38. The standard InChI is InChI=1S/C13H19NOS/c1-5-10-14-16(15,11(2)3)13-8-6-12(4)7-9-13/h6-10H,5H2,1-4H3. The van der Waals surface area contributed by atoms with Gasteiger partial charge in [-0.25, -0.2) is 8.61 Å². The van der Waals surface area contributed by atoms with Gasteiger partial charge in [0.1, 0.15) is 0 Å². The molecule has 0 aliphatic heterocycles. The van der Waals surface area contributed by atoms with E-state index in [9.17, 15) is 4.21 Å². The van der Waals surface area contributed by atoms with Crippen molar-refractivity contribution in [2.24, 2.45) is 4.40 Å². The van der Waals surface area contributed by atoms with Crippen molar-refractivity contribution in [2.45, 2.75) is 39.0 Å². The summed E-state index contributed by atoms with van der Waals surface area (Å²) in [5.74, 6) is 0. The van der Waals surface area contributed by atoms with Crippen LogP contribution in [0.25, 0.3) is 0 Å². The molecule has 1 rings (SSSR count). The second-order valence-corrected chi connectivity index (χ2v) is 6.49. The largest absolute Gasteiger partial charge is 0.240 e. The normalized spacial score (nSPS) is 15.0. The van der Waals surface area contributed by atoms with Crippen LogP contribution in [0.15, 0.2) is 33.6 Å². The molecule has 0 amide bonds. The van der Waals surface area contributed by atoms with Crippen LogP contribution >= 0.6 is 0 Å². The third-order valence-corrected chi connectivity index (χ3v) is 4.76. The molecule has 1 atom stereocenters. The summed E-state index contributed by atoms with van der Waals surface area (Å²) in [6.07, 6.45) is 2.53. The van der Waals surface area contributed by atoms with Gasteiger partial charge in [0.2, 0.25) is 0 Å². The number of hydrogen-bond acceptors (Lipinski definition) is 1. The van der Waals surface area contributed by atoms with Gasteiger partial charge in [0.15, 0.2) is 0 Å². The topological polar surface area (TPSA) is 29.4 Å². The molecule has 0 saturated carbocycles. The molecule has 16 heavy (non-hydrogen) atoms. The predicted octanol–water partition coefficient (Wildman–Crippen LogP) is 3.25. The minimum atomic E-state index is -2.38. The van der Waals surface area contributed by atoms with Crippen molar-refractivity contribution in [3.8, 4) is 0 Å². The predicted molar refractivity (Wildman–Crippen MR) is 72.7 cm³/mol. The van der Waals surface area contributed by atoms with Crippen molar-refractivity contribution in [2.75, 3.05) is 0 Å². The van der Waals surface area contributed by atoms with Crippen LogP contribution in [0.3, 0.4) is 0 Å². The van der Waals surface area contributed by atoms with E-state index in [0.717, 1.165) is 16.2 Å². The monoisotopic (exact) mass is 237 g/mol. The lowest BCUT2D eigenvalue weighted by Gasteiger charge is -2.08. The highest BCUT2D eigenvalue weighted by Crippen LogP contribution is 2.16. The second-order valence-electron chi connectivity index (χ2n) is 3.94. The molecule has 1 unspecified atom stereocenters. The van der Waals surface area contributed by atoms with E-state index in [2.05, 4.69) is 4.40 Å². The Kier molecular flexibility index (Phi) is 4.30. The van der Waals surface area contributed by atoms with Crippen LogP contribution in [0.4, 0.5) is 0 Å². The van der Waals surface area contributed by atoms with Gasteiger partial charge in [-0.2, -0.15) is 0 Å². The van der Waals surface area contributed by atoms with Crippen LogP contribution in [-0.4, -0.2) is 15.3 Å². The summed E-state index contributed by atoms with van der Waals surface area (Å²) in [4.78, 5) is 1.64. The molecular formula is C13H19NOS. The van der Waals surface area contributed by atoms with Gasteiger partial charge < -0.3 is 0 Å². The molecule has 1 aromatic rings. The average Bonchev–Trinajstić information content (AvgIpc) is 2.26. The lowest BCUT2D eigenvalue weighted by Crippen LogP contribution is -2.07. The molecule has 0 bridgehead atoms. The van der Waals surface area contributed by atoms with Crippen LogP contribution in [0, 0.1) is 6.92 Å². The first-order valence-electron chi connectivity index (χ1n) is 5.45. The highest BCUT2D eigenvalue weighted by atomic mass is 32.2. The van der Waals surface area contributed by atoms with Crippen molar-refractivity contribution in [3.63, 3.8) is 0 Å². The molecule has 0 fully saturated rings. The fourth-order valence-corrected chi connectivity index (χ4v) is 2.97. The molecule has 2 nitrogen and oxygen atoms in total. The van der Waals surface area contributed by atoms with E-state index in [1.165, 1.54) is 5.56 Å². The Morgan fingerprint density at radius 2 is 1.88 bits per heavy atom. The van der Waals surface area contributed by atoms with Crippen molar-refractivity contribution in [1.82, 2.24) is 0 Å². The molecule has 0 N–H and O–H groups in total. The summed E-state index contributed by atoms with van der Waals surface area (Å²) < 4.78 is 17.0. The molecular weight excluding hydrogens is 218 g/mol. The Hall–Kier alpha value is -1.09. The third-order valence-electron chi connectivity index (χ3n) is 2.30. The van der Waals surface area contributed by atoms with Gasteiger partial charge in [-0.05, 0) is 39.3 Å². The maximum Gasteiger partial charge on any atom is 0.0995 e. The first-order valence-corrected chi connectivity index (χ1v) is 6.97. The van der Waals surface area contributed by atoms with Crippen LogP contribution in [0.5, 0.6) is 0 Å². The van der Waals surface area contributed by atoms with E-state index in [4.69, 9.17) is 0 Å². The molecule has 3 heteroatoms. The van der Waals surface area contributed by atoms with E-state index in [0.29, 0.717) is 0 Å². The first kappa shape index (κ1) is 13.0. The van der Waals surface area contributed by atoms with Crippen molar-refractivity contribution >= 4 is 20.8 Å². The lowest BCUT2D eigenvalue weighted by atomic mass is 10.2. The summed E-state index contributed by atoms with van der Waals surface area (Å²) in [6, 6.07) is 7.74. The van der Waals surface area contributed by atoms with Crippen LogP contribution in [-0.2, 0) is 9.71 Å². The molecule has 0 radical (unpaired) electrons. The first-order chi connectivity index (χ1) is 7.50. The van der Waals surface area contributed by atoms with Crippen molar-refractivity contribution in [1.29, 1.82) is 0 Å². The maximum atomic E-state index is 12.7. The molecule has 0 aliphatic rings. The molecule has 0 aliphatic carbocycles. The van der Waals surface area contributed by atoms with E-state index in [1.54, 1.807) is 6.21 Å². The summed E-state index contributed by atoms with van der Waals surface area (Å²) in [6.45, 7) is 7.75. The second kappa shape index (κ2) is 5.30. The zero-order valence-electron chi connectivity index (χ0n) is 10.4. The zero-order valence-corrected chi connectivity index (χ0v) is 11.2. The van der Waals surface area contributed by atoms with E-state index in [-0.39, 0.29) is 0 Å². The highest BCUT2D eigenvalue weighted by molar-refractivity contribution is 8.01. The fraction of sp³-hybridized carbons (Fsp3) is 0.385. The van der Waals surface area contributed by atoms with Gasteiger partial charge in [-0.15, -0.1) is 0 Å². The minimum Gasteiger partial charge on any atom is -0.240 e. The Morgan fingerprint density at radius 3 is 2.31 bits per heavy atom. The smallest absolute Gasteiger partial charge is 0.0995 e. The van der Waals surface area contributed by atoms with Crippen LogP contribution < -0.4 is 0 Å². The number of aryl methyl sites for hydroxylation is 1. The fourth-order valence-electron chi connectivity index (χ4n) is 1.30. The van der Waals surface area contributed by atoms with E-state index in [1.807, 2.05) is 52.0 Å². The molecule has 0 aromatic heterocycles. The number of nitrogens with zero attached hydrogens (tertiary/aromatic N) is 1. The summed E-state index contributed by atoms with van der Waals surface area (Å²) >= 11 is 0. The maximum absolute atomic E-state index is 12.7. The molecule has 0 heterocycles. The average molecular weight is 237 g/mol. The number of rotatable bonds is 3. The van der Waals surface area contributed by atoms with Crippen LogP contribution in [0.1, 0.15) is 32.8 Å². The lowest BCUT2D eigenvalue weighted by molar-refractivity contribution is 0.682. The molecule has 1 aromatic carbocycles. The summed E-state index contributed by atoms with van der Waals surface area (Å²) in [5.41, 5.74) is 1.17. The molecule has 0 spiro atoms. The van der Waals surface area contributed by atoms with Crippen molar-refractivity contribution in [3.05, 3.63) is 29.8 Å². The zero-order chi connectivity index (χ0) is 12.2. The highest BCUT2D eigenvalue weighted by Gasteiger charge is 2.09. The van der Waals surface area contributed by atoms with E-state index >= 15 is 0 Å². The van der Waals surface area contributed by atoms with Crippen molar-refractivity contribution < 1.29 is 4.21 Å². The number of hydrogen-bond donors (Lipinski definition) is 0. The Morgan fingerprint density at radius 1 is 1.31 bits per heavy atom. The van der Waals surface area contributed by atoms with Gasteiger partial charge in [0.05, 0.1) is 14.6 Å². The van der Waals surface area contributed by atoms with Crippen LogP contribution in [0.2, 0.25) is 0 Å². The Bertz CT molecular complexity index is 487. The molecule has 0 saturated heterocycles. The minimum absolute atomic E-state index is 0.794. The molecule has 88 valence electrons. The SMILES string of the molecule is CCC=NS(=O)(=C(C)C)c1ccc(C)cc1. The van der Waals surface area contributed by atoms with Gasteiger partial charge in [0, 0.05) is 11.1 Å². The number of benzene rings is 1. The van der Waals surface area contributed by atoms with Gasteiger partial charge >= 0.3 is 0 Å². The van der Waals surface area contributed by atoms with E-state index < -0.39 is 9.71 Å². The van der Waals surface area contributed by atoms with Gasteiger partial charge in [-0.3, -0.25) is 0 Å². The Balaban J connectivity index is 3.36. The quantitative estimate of drug-likeness (QED) is 0.586. The van der Waals surface area contributed by atoms with Gasteiger partial charge in [0.25, 0.3) is 0 Å². The van der Waals surface area contributed by atoms with Gasteiger partial charge in [-0.1, -0.05) is 24.6 Å². The third kappa shape index (κ3) is 2.73. The Labute approximate surface area is 98.6 Å². The summed E-state index contributed by atoms with van der Waals surface area (Å²) in [5, 5.41) is 0.